The summed E-state index contributed by atoms with van der Waals surface area (Å²) < 4.78 is 4.83. The maximum atomic E-state index is 11.1. The zero-order chi connectivity index (χ0) is 12.8. The minimum absolute atomic E-state index is 0.181. The minimum Gasteiger partial charge on any atom is -0.478 e. The number of amides is 1. The van der Waals surface area contributed by atoms with Crippen LogP contribution in [0.2, 0.25) is 0 Å². The van der Waals surface area contributed by atoms with E-state index in [4.69, 9.17) is 9.84 Å². The van der Waals surface area contributed by atoms with Crippen molar-refractivity contribution in [3.05, 3.63) is 29.8 Å². The number of hydrogen-bond acceptors (Lipinski definition) is 4. The maximum Gasteiger partial charge on any atom is 0.426 e. The minimum atomic E-state index is -0.997. The Labute approximate surface area is 98.6 Å². The molecule has 0 saturated heterocycles. The van der Waals surface area contributed by atoms with Crippen molar-refractivity contribution in [1.82, 2.24) is 5.43 Å². The molecule has 0 atom stereocenters. The van der Waals surface area contributed by atoms with E-state index in [0.29, 0.717) is 5.69 Å². The Kier molecular flexibility index (Phi) is 4.33. The van der Waals surface area contributed by atoms with Crippen LogP contribution >= 0.6 is 0 Å². The molecule has 0 bridgehead atoms. The summed E-state index contributed by atoms with van der Waals surface area (Å²) in [5.41, 5.74) is 5.67. The highest BCUT2D eigenvalue weighted by Crippen LogP contribution is 2.08. The topological polar surface area (TPSA) is 87.7 Å². The van der Waals surface area contributed by atoms with Gasteiger partial charge in [0.25, 0.3) is 0 Å². The molecule has 0 aliphatic carbocycles. The number of nitrogens with one attached hydrogen (secondary N) is 2. The Bertz CT molecular complexity index is 400. The third kappa shape index (κ3) is 4.42. The molecule has 0 radical (unpaired) electrons. The second-order valence-corrected chi connectivity index (χ2v) is 3.59. The molecule has 1 amide bonds. The van der Waals surface area contributed by atoms with E-state index in [0.717, 1.165) is 0 Å². The molecular formula is C11H14N2O4. The summed E-state index contributed by atoms with van der Waals surface area (Å²) in [7, 11) is 0. The fraction of sp³-hybridized carbons (Fsp3) is 0.273. The number of aromatic carboxylic acids is 1. The van der Waals surface area contributed by atoms with Gasteiger partial charge < -0.3 is 9.84 Å². The van der Waals surface area contributed by atoms with Crippen LogP contribution in [0, 0.1) is 0 Å². The van der Waals surface area contributed by atoms with Crippen LogP contribution in [-0.2, 0) is 4.74 Å². The van der Waals surface area contributed by atoms with Crippen LogP contribution in [0.25, 0.3) is 0 Å². The van der Waals surface area contributed by atoms with Gasteiger partial charge in [0.15, 0.2) is 0 Å². The van der Waals surface area contributed by atoms with E-state index in [-0.39, 0.29) is 11.7 Å². The molecule has 17 heavy (non-hydrogen) atoms. The van der Waals surface area contributed by atoms with Crippen molar-refractivity contribution in [3.8, 4) is 0 Å². The first kappa shape index (κ1) is 12.8. The normalized spacial score (nSPS) is 9.82. The standard InChI is InChI=1S/C11H14N2O4/c1-7(2)17-11(16)13-12-9-5-3-8(4-6-9)10(14)15/h3-7,12H,1-2H3,(H,13,16)(H,14,15). The number of ether oxygens (including phenoxy) is 1. The smallest absolute Gasteiger partial charge is 0.426 e. The lowest BCUT2D eigenvalue weighted by Gasteiger charge is -2.11. The van der Waals surface area contributed by atoms with Crippen molar-refractivity contribution in [2.75, 3.05) is 5.43 Å². The Morgan fingerprint density at radius 3 is 2.29 bits per heavy atom. The third-order valence-electron chi connectivity index (χ3n) is 1.78. The molecule has 0 aliphatic rings. The first-order chi connectivity index (χ1) is 7.99. The number of carbonyl (C=O) groups excluding carboxylic acids is 1. The average molecular weight is 238 g/mol. The van der Waals surface area contributed by atoms with Gasteiger partial charge in [0.2, 0.25) is 0 Å². The summed E-state index contributed by atoms with van der Waals surface area (Å²) >= 11 is 0. The van der Waals surface area contributed by atoms with Crippen LogP contribution in [0.4, 0.5) is 10.5 Å². The van der Waals surface area contributed by atoms with E-state index in [1.165, 1.54) is 12.1 Å². The van der Waals surface area contributed by atoms with Gasteiger partial charge in [-0.1, -0.05) is 0 Å². The van der Waals surface area contributed by atoms with Crippen LogP contribution < -0.4 is 10.9 Å². The lowest BCUT2D eigenvalue weighted by Crippen LogP contribution is -2.31. The number of carboxylic acid groups (broad SMARTS) is 1. The predicted octanol–water partition coefficient (Wildman–Crippen LogP) is 1.85. The molecule has 0 spiro atoms. The monoisotopic (exact) mass is 238 g/mol. The van der Waals surface area contributed by atoms with Gasteiger partial charge in [-0.2, -0.15) is 0 Å². The zero-order valence-electron chi connectivity index (χ0n) is 9.56. The molecule has 6 heteroatoms. The van der Waals surface area contributed by atoms with Gasteiger partial charge >= 0.3 is 12.1 Å². The molecule has 0 saturated carbocycles. The number of carboxylic acids is 1. The molecule has 1 aromatic carbocycles. The fourth-order valence-electron chi connectivity index (χ4n) is 1.06. The third-order valence-corrected chi connectivity index (χ3v) is 1.78. The Hall–Kier alpha value is -2.24. The largest absolute Gasteiger partial charge is 0.478 e. The van der Waals surface area contributed by atoms with Crippen LogP contribution in [0.5, 0.6) is 0 Å². The summed E-state index contributed by atoms with van der Waals surface area (Å²) in [4.78, 5) is 21.7. The number of hydrogen-bond donors (Lipinski definition) is 3. The first-order valence-electron chi connectivity index (χ1n) is 5.05. The molecule has 0 aromatic heterocycles. The summed E-state index contributed by atoms with van der Waals surface area (Å²) in [5.74, 6) is -0.997. The molecule has 3 N–H and O–H groups in total. The number of rotatable bonds is 4. The van der Waals surface area contributed by atoms with E-state index in [9.17, 15) is 9.59 Å². The summed E-state index contributed by atoms with van der Waals surface area (Å²) in [6.07, 6.45) is -0.798. The number of hydrazine groups is 1. The highest BCUT2D eigenvalue weighted by atomic mass is 16.6. The summed E-state index contributed by atoms with van der Waals surface area (Å²) in [6.45, 7) is 3.47. The quantitative estimate of drug-likeness (QED) is 0.697. The second-order valence-electron chi connectivity index (χ2n) is 3.59. The fourth-order valence-corrected chi connectivity index (χ4v) is 1.06. The van der Waals surface area contributed by atoms with Crippen LogP contribution in [0.1, 0.15) is 24.2 Å². The number of carbonyl (C=O) groups is 2. The van der Waals surface area contributed by atoms with Crippen molar-refractivity contribution in [2.45, 2.75) is 20.0 Å². The van der Waals surface area contributed by atoms with Gasteiger partial charge in [-0.05, 0) is 38.1 Å². The van der Waals surface area contributed by atoms with E-state index in [1.54, 1.807) is 26.0 Å². The molecule has 0 aliphatic heterocycles. The van der Waals surface area contributed by atoms with Crippen LogP contribution in [0.15, 0.2) is 24.3 Å². The first-order valence-corrected chi connectivity index (χ1v) is 5.05. The van der Waals surface area contributed by atoms with Crippen LogP contribution in [0.3, 0.4) is 0 Å². The summed E-state index contributed by atoms with van der Waals surface area (Å²) in [6, 6.07) is 5.94. The summed E-state index contributed by atoms with van der Waals surface area (Å²) in [5, 5.41) is 8.68. The predicted molar refractivity (Wildman–Crippen MR) is 61.8 cm³/mol. The van der Waals surface area contributed by atoms with Crippen molar-refractivity contribution < 1.29 is 19.4 Å². The van der Waals surface area contributed by atoms with Gasteiger partial charge in [0.05, 0.1) is 17.4 Å². The molecule has 92 valence electrons. The van der Waals surface area contributed by atoms with E-state index in [1.807, 2.05) is 0 Å². The molecule has 1 aromatic rings. The van der Waals surface area contributed by atoms with Crippen LogP contribution in [-0.4, -0.2) is 23.3 Å². The van der Waals surface area contributed by atoms with Crippen molar-refractivity contribution in [3.63, 3.8) is 0 Å². The van der Waals surface area contributed by atoms with Gasteiger partial charge in [-0.15, -0.1) is 0 Å². The maximum absolute atomic E-state index is 11.1. The Morgan fingerprint density at radius 1 is 1.24 bits per heavy atom. The second kappa shape index (κ2) is 5.74. The van der Waals surface area contributed by atoms with Gasteiger partial charge in [-0.3, -0.25) is 5.43 Å². The SMILES string of the molecule is CC(C)OC(=O)NNc1ccc(C(=O)O)cc1. The number of benzene rings is 1. The van der Waals surface area contributed by atoms with Crippen molar-refractivity contribution in [2.24, 2.45) is 0 Å². The Morgan fingerprint density at radius 2 is 1.82 bits per heavy atom. The Balaban J connectivity index is 2.47. The lowest BCUT2D eigenvalue weighted by molar-refractivity contribution is 0.0696. The van der Waals surface area contributed by atoms with E-state index in [2.05, 4.69) is 10.9 Å². The molecule has 6 nitrogen and oxygen atoms in total. The molecule has 0 fully saturated rings. The lowest BCUT2D eigenvalue weighted by atomic mass is 10.2. The highest BCUT2D eigenvalue weighted by molar-refractivity contribution is 5.88. The highest BCUT2D eigenvalue weighted by Gasteiger charge is 2.04. The molecule has 0 unspecified atom stereocenters. The zero-order valence-corrected chi connectivity index (χ0v) is 9.56. The van der Waals surface area contributed by atoms with Gasteiger partial charge in [0, 0.05) is 0 Å². The van der Waals surface area contributed by atoms with Gasteiger partial charge in [-0.25, -0.2) is 15.0 Å². The molecule has 0 heterocycles. The van der Waals surface area contributed by atoms with E-state index >= 15 is 0 Å². The molecular weight excluding hydrogens is 224 g/mol. The van der Waals surface area contributed by atoms with Gasteiger partial charge in [0.1, 0.15) is 0 Å². The number of anilines is 1. The van der Waals surface area contributed by atoms with Crippen molar-refractivity contribution in [1.29, 1.82) is 0 Å². The molecule has 1 rings (SSSR count). The van der Waals surface area contributed by atoms with E-state index < -0.39 is 12.1 Å². The average Bonchev–Trinajstić information content (AvgIpc) is 2.26. The van der Waals surface area contributed by atoms with Crippen molar-refractivity contribution >= 4 is 17.7 Å².